The number of aryl methyl sites for hydroxylation is 1. The van der Waals surface area contributed by atoms with Crippen molar-refractivity contribution in [1.29, 1.82) is 0 Å². The highest BCUT2D eigenvalue weighted by atomic mass is 16.2. The lowest BCUT2D eigenvalue weighted by molar-refractivity contribution is -0.121. The summed E-state index contributed by atoms with van der Waals surface area (Å²) >= 11 is 0. The number of nitrogens with one attached hydrogen (secondary N) is 2. The monoisotopic (exact) mass is 300 g/mol. The highest BCUT2D eigenvalue weighted by Gasteiger charge is 2.17. The Morgan fingerprint density at radius 3 is 2.68 bits per heavy atom. The van der Waals surface area contributed by atoms with Crippen LogP contribution in [0.5, 0.6) is 0 Å². The fourth-order valence-electron chi connectivity index (χ4n) is 3.43. The molecule has 2 N–H and O–H groups in total. The minimum Gasteiger partial charge on any atom is -0.353 e. The molecule has 22 heavy (non-hydrogen) atoms. The molecule has 2 aliphatic rings. The van der Waals surface area contributed by atoms with Gasteiger partial charge in [0.2, 0.25) is 11.8 Å². The van der Waals surface area contributed by atoms with Gasteiger partial charge in [0.05, 0.1) is 6.42 Å². The SMILES string of the molecule is O=C1CCc2cc(CC(=O)NC3CCCCCC3)ccc2N1. The normalized spacial score (nSPS) is 19.0. The number of rotatable bonds is 3. The lowest BCUT2D eigenvalue weighted by Gasteiger charge is -2.19. The third-order valence-electron chi connectivity index (χ3n) is 4.65. The van der Waals surface area contributed by atoms with Gasteiger partial charge in [-0.1, -0.05) is 37.8 Å². The van der Waals surface area contributed by atoms with E-state index < -0.39 is 0 Å². The zero-order valence-electron chi connectivity index (χ0n) is 13.0. The Morgan fingerprint density at radius 2 is 1.91 bits per heavy atom. The summed E-state index contributed by atoms with van der Waals surface area (Å²) in [6, 6.07) is 6.27. The molecule has 0 saturated heterocycles. The quantitative estimate of drug-likeness (QED) is 0.843. The van der Waals surface area contributed by atoms with E-state index in [2.05, 4.69) is 16.7 Å². The molecule has 1 heterocycles. The van der Waals surface area contributed by atoms with E-state index in [1.54, 1.807) is 0 Å². The molecule has 3 rings (SSSR count). The molecule has 0 radical (unpaired) electrons. The van der Waals surface area contributed by atoms with Crippen molar-refractivity contribution in [2.75, 3.05) is 5.32 Å². The number of amides is 2. The topological polar surface area (TPSA) is 58.2 Å². The van der Waals surface area contributed by atoms with Crippen LogP contribution >= 0.6 is 0 Å². The van der Waals surface area contributed by atoms with E-state index in [1.807, 2.05) is 12.1 Å². The van der Waals surface area contributed by atoms with Gasteiger partial charge in [0.25, 0.3) is 0 Å². The maximum absolute atomic E-state index is 12.2. The highest BCUT2D eigenvalue weighted by Crippen LogP contribution is 2.24. The number of anilines is 1. The summed E-state index contributed by atoms with van der Waals surface area (Å²) in [5.74, 6) is 0.193. The molecule has 1 saturated carbocycles. The Morgan fingerprint density at radius 1 is 1.14 bits per heavy atom. The summed E-state index contributed by atoms with van der Waals surface area (Å²) in [7, 11) is 0. The predicted octanol–water partition coefficient (Wildman–Crippen LogP) is 2.95. The molecular formula is C18H24N2O2. The number of carbonyl (C=O) groups excluding carboxylic acids is 2. The van der Waals surface area contributed by atoms with Crippen LogP contribution in [0.2, 0.25) is 0 Å². The average Bonchev–Trinajstić information content (AvgIpc) is 2.76. The van der Waals surface area contributed by atoms with E-state index in [9.17, 15) is 9.59 Å². The van der Waals surface area contributed by atoms with E-state index in [4.69, 9.17) is 0 Å². The average molecular weight is 300 g/mol. The molecule has 1 fully saturated rings. The molecule has 1 aliphatic heterocycles. The molecule has 2 amide bonds. The number of fused-ring (bicyclic) bond motifs is 1. The minimum absolute atomic E-state index is 0.0753. The van der Waals surface area contributed by atoms with Gasteiger partial charge in [-0.2, -0.15) is 0 Å². The van der Waals surface area contributed by atoms with E-state index in [1.165, 1.54) is 25.7 Å². The van der Waals surface area contributed by atoms with Crippen LogP contribution in [0.1, 0.15) is 56.1 Å². The molecule has 4 nitrogen and oxygen atoms in total. The lowest BCUT2D eigenvalue weighted by Crippen LogP contribution is -2.35. The van der Waals surface area contributed by atoms with Crippen molar-refractivity contribution in [2.24, 2.45) is 0 Å². The van der Waals surface area contributed by atoms with Crippen molar-refractivity contribution in [3.8, 4) is 0 Å². The molecule has 0 atom stereocenters. The Labute approximate surface area is 131 Å². The Hall–Kier alpha value is -1.84. The fraction of sp³-hybridized carbons (Fsp3) is 0.556. The van der Waals surface area contributed by atoms with E-state index in [0.29, 0.717) is 18.9 Å². The summed E-state index contributed by atoms with van der Waals surface area (Å²) in [4.78, 5) is 23.6. The Balaban J connectivity index is 1.58. The second-order valence-electron chi connectivity index (χ2n) is 6.47. The van der Waals surface area contributed by atoms with Gasteiger partial charge in [-0.15, -0.1) is 0 Å². The molecule has 118 valence electrons. The maximum atomic E-state index is 12.2. The zero-order valence-corrected chi connectivity index (χ0v) is 13.0. The van der Waals surface area contributed by atoms with Gasteiger partial charge in [-0.25, -0.2) is 0 Å². The van der Waals surface area contributed by atoms with Gasteiger partial charge in [0.15, 0.2) is 0 Å². The highest BCUT2D eigenvalue weighted by molar-refractivity contribution is 5.94. The van der Waals surface area contributed by atoms with Gasteiger partial charge in [0.1, 0.15) is 0 Å². The van der Waals surface area contributed by atoms with Crippen molar-refractivity contribution in [3.05, 3.63) is 29.3 Å². The zero-order chi connectivity index (χ0) is 15.4. The van der Waals surface area contributed by atoms with Gasteiger partial charge < -0.3 is 10.6 Å². The lowest BCUT2D eigenvalue weighted by atomic mass is 9.99. The van der Waals surface area contributed by atoms with Crippen LogP contribution in [0, 0.1) is 0 Å². The first kappa shape index (κ1) is 15.1. The van der Waals surface area contributed by atoms with Gasteiger partial charge in [0, 0.05) is 18.2 Å². The number of hydrogen-bond donors (Lipinski definition) is 2. The van der Waals surface area contributed by atoms with Crippen LogP contribution in [0.25, 0.3) is 0 Å². The second kappa shape index (κ2) is 6.95. The summed E-state index contributed by atoms with van der Waals surface area (Å²) in [5.41, 5.74) is 3.06. The largest absolute Gasteiger partial charge is 0.353 e. The van der Waals surface area contributed by atoms with E-state index in [0.717, 1.165) is 36.1 Å². The Bertz CT molecular complexity index is 560. The maximum Gasteiger partial charge on any atom is 0.224 e. The molecule has 0 spiro atoms. The fourth-order valence-corrected chi connectivity index (χ4v) is 3.43. The second-order valence-corrected chi connectivity index (χ2v) is 6.47. The van der Waals surface area contributed by atoms with Crippen molar-refractivity contribution < 1.29 is 9.59 Å². The van der Waals surface area contributed by atoms with Gasteiger partial charge in [-0.05, 0) is 36.5 Å². The molecule has 0 unspecified atom stereocenters. The number of hydrogen-bond acceptors (Lipinski definition) is 2. The number of benzene rings is 1. The predicted molar refractivity (Wildman–Crippen MR) is 86.7 cm³/mol. The van der Waals surface area contributed by atoms with Crippen LogP contribution in [0.4, 0.5) is 5.69 Å². The molecule has 0 bridgehead atoms. The van der Waals surface area contributed by atoms with Crippen LogP contribution in [-0.2, 0) is 22.4 Å². The Kier molecular flexibility index (Phi) is 4.76. The van der Waals surface area contributed by atoms with Crippen molar-refractivity contribution >= 4 is 17.5 Å². The first-order chi connectivity index (χ1) is 10.7. The number of carbonyl (C=O) groups is 2. The molecule has 4 heteroatoms. The molecule has 0 aromatic heterocycles. The third-order valence-corrected chi connectivity index (χ3v) is 4.65. The van der Waals surface area contributed by atoms with E-state index >= 15 is 0 Å². The molecule has 1 aliphatic carbocycles. The van der Waals surface area contributed by atoms with Crippen molar-refractivity contribution in [1.82, 2.24) is 5.32 Å². The molecular weight excluding hydrogens is 276 g/mol. The summed E-state index contributed by atoms with van der Waals surface area (Å²) < 4.78 is 0. The van der Waals surface area contributed by atoms with Crippen molar-refractivity contribution in [3.63, 3.8) is 0 Å². The van der Waals surface area contributed by atoms with Crippen LogP contribution in [0.3, 0.4) is 0 Å². The summed E-state index contributed by atoms with van der Waals surface area (Å²) in [6.07, 6.45) is 8.99. The van der Waals surface area contributed by atoms with Crippen LogP contribution < -0.4 is 10.6 Å². The summed E-state index contributed by atoms with van der Waals surface area (Å²) in [5, 5.41) is 6.06. The smallest absolute Gasteiger partial charge is 0.224 e. The summed E-state index contributed by atoms with van der Waals surface area (Å²) in [6.45, 7) is 0. The van der Waals surface area contributed by atoms with Gasteiger partial charge in [-0.3, -0.25) is 9.59 Å². The van der Waals surface area contributed by atoms with E-state index in [-0.39, 0.29) is 11.8 Å². The molecule has 1 aromatic carbocycles. The standard InChI is InChI=1S/C18H24N2O2/c21-17-10-8-14-11-13(7-9-16(14)20-17)12-18(22)19-15-5-3-1-2-4-6-15/h7,9,11,15H,1-6,8,10,12H2,(H,19,22)(H,20,21). The van der Waals surface area contributed by atoms with Gasteiger partial charge >= 0.3 is 0 Å². The molecule has 1 aromatic rings. The van der Waals surface area contributed by atoms with Crippen LogP contribution in [0.15, 0.2) is 18.2 Å². The minimum atomic E-state index is 0.0753. The van der Waals surface area contributed by atoms with Crippen LogP contribution in [-0.4, -0.2) is 17.9 Å². The first-order valence-electron chi connectivity index (χ1n) is 8.42. The van der Waals surface area contributed by atoms with Crippen molar-refractivity contribution in [2.45, 2.75) is 63.8 Å². The first-order valence-corrected chi connectivity index (χ1v) is 8.42. The third kappa shape index (κ3) is 3.87.